The third-order valence-corrected chi connectivity index (χ3v) is 6.37. The lowest BCUT2D eigenvalue weighted by atomic mass is 10.2. The summed E-state index contributed by atoms with van der Waals surface area (Å²) in [6.07, 6.45) is 0. The summed E-state index contributed by atoms with van der Waals surface area (Å²) in [5, 5.41) is 0. The highest BCUT2D eigenvalue weighted by atomic mass is 32.2. The Bertz CT molecular complexity index is 1050. The number of carbonyl (C=O) groups is 1. The molecule has 0 saturated carbocycles. The van der Waals surface area contributed by atoms with Crippen molar-refractivity contribution in [3.8, 4) is 0 Å². The summed E-state index contributed by atoms with van der Waals surface area (Å²) in [5.41, 5.74) is 5.85. The first-order valence-electron chi connectivity index (χ1n) is 10.6. The maximum atomic E-state index is 13.2. The molecule has 1 aromatic heterocycles. The highest BCUT2D eigenvalue weighted by molar-refractivity contribution is 8.23. The number of anilines is 2. The molecule has 1 amide bonds. The quantitative estimate of drug-likeness (QED) is 0.535. The van der Waals surface area contributed by atoms with Crippen LogP contribution < -0.4 is 21.9 Å². The van der Waals surface area contributed by atoms with Gasteiger partial charge in [0.2, 0.25) is 5.91 Å². The standard InChI is InChI=1S/C22H31N5O3S2/c1-5-25(6-2)22(31)32-14-17(28)26(12-15(3)4)18-19(23)27(21(30)24-20(18)29)13-16-10-8-7-9-11-16/h7-11,15H,5-6,12-14,23H2,1-4H3,(H,24,29,30). The predicted octanol–water partition coefficient (Wildman–Crippen LogP) is 2.52. The second kappa shape index (κ2) is 11.9. The molecule has 0 unspecified atom stereocenters. The summed E-state index contributed by atoms with van der Waals surface area (Å²) in [4.78, 5) is 44.1. The maximum absolute atomic E-state index is 13.2. The summed E-state index contributed by atoms with van der Waals surface area (Å²) in [5.74, 6) is -0.182. The number of H-pyrrole nitrogens is 1. The number of nitrogens with two attached hydrogens (primary N) is 1. The number of nitrogens with zero attached hydrogens (tertiary/aromatic N) is 3. The first kappa shape index (κ1) is 25.7. The molecule has 0 radical (unpaired) electrons. The largest absolute Gasteiger partial charge is 0.383 e. The molecule has 0 aliphatic heterocycles. The number of aromatic nitrogens is 2. The number of nitrogen functional groups attached to an aromatic ring is 1. The van der Waals surface area contributed by atoms with E-state index in [4.69, 9.17) is 18.0 Å². The molecule has 0 atom stereocenters. The van der Waals surface area contributed by atoms with Crippen molar-refractivity contribution in [1.82, 2.24) is 14.5 Å². The smallest absolute Gasteiger partial charge is 0.330 e. The number of hydrogen-bond acceptors (Lipinski definition) is 6. The average Bonchev–Trinajstić information content (AvgIpc) is 2.75. The molecule has 10 heteroatoms. The van der Waals surface area contributed by atoms with Crippen molar-refractivity contribution in [2.45, 2.75) is 34.2 Å². The molecule has 0 fully saturated rings. The van der Waals surface area contributed by atoms with E-state index in [1.165, 1.54) is 21.2 Å². The van der Waals surface area contributed by atoms with Crippen LogP contribution in [-0.4, -0.2) is 50.1 Å². The number of hydrogen-bond donors (Lipinski definition) is 2. The fraction of sp³-hybridized carbons (Fsp3) is 0.455. The molecule has 0 spiro atoms. The van der Waals surface area contributed by atoms with Crippen LogP contribution in [0.5, 0.6) is 0 Å². The zero-order chi connectivity index (χ0) is 23.8. The Morgan fingerprint density at radius 3 is 2.38 bits per heavy atom. The van der Waals surface area contributed by atoms with Crippen LogP contribution in [0.4, 0.5) is 11.5 Å². The van der Waals surface area contributed by atoms with Crippen LogP contribution in [0.2, 0.25) is 0 Å². The van der Waals surface area contributed by atoms with Crippen LogP contribution in [0.3, 0.4) is 0 Å². The van der Waals surface area contributed by atoms with Crippen molar-refractivity contribution in [3.05, 3.63) is 56.7 Å². The number of amides is 1. The minimum Gasteiger partial charge on any atom is -0.383 e. The Labute approximate surface area is 197 Å². The normalized spacial score (nSPS) is 10.9. The van der Waals surface area contributed by atoms with Gasteiger partial charge in [-0.1, -0.05) is 68.2 Å². The molecule has 3 N–H and O–H groups in total. The summed E-state index contributed by atoms with van der Waals surface area (Å²) in [6.45, 7) is 9.86. The number of nitrogens with one attached hydrogen (secondary N) is 1. The van der Waals surface area contributed by atoms with E-state index in [1.54, 1.807) is 0 Å². The van der Waals surface area contributed by atoms with Gasteiger partial charge >= 0.3 is 5.69 Å². The molecular weight excluding hydrogens is 446 g/mol. The van der Waals surface area contributed by atoms with E-state index >= 15 is 0 Å². The minimum absolute atomic E-state index is 0.00594. The molecule has 0 aliphatic rings. The molecule has 0 aliphatic carbocycles. The van der Waals surface area contributed by atoms with E-state index in [2.05, 4.69) is 4.98 Å². The number of aromatic amines is 1. The lowest BCUT2D eigenvalue weighted by Crippen LogP contribution is -2.43. The third-order valence-electron chi connectivity index (χ3n) is 4.86. The van der Waals surface area contributed by atoms with Gasteiger partial charge in [0.25, 0.3) is 5.56 Å². The van der Waals surface area contributed by atoms with Crippen LogP contribution in [0.25, 0.3) is 0 Å². The van der Waals surface area contributed by atoms with E-state index in [-0.39, 0.29) is 42.2 Å². The van der Waals surface area contributed by atoms with Crippen molar-refractivity contribution >= 4 is 45.7 Å². The molecular formula is C22H31N5O3S2. The summed E-state index contributed by atoms with van der Waals surface area (Å²) in [6, 6.07) is 9.30. The third kappa shape index (κ3) is 6.46. The van der Waals surface area contributed by atoms with Crippen LogP contribution in [0, 0.1) is 5.92 Å². The van der Waals surface area contributed by atoms with E-state index in [1.807, 2.05) is 62.9 Å². The van der Waals surface area contributed by atoms with E-state index in [0.717, 1.165) is 18.7 Å². The number of thiocarbonyl (C=S) groups is 1. The SMILES string of the molecule is CCN(CC)C(=S)SCC(=O)N(CC(C)C)c1c(N)n(Cc2ccccc2)c(=O)[nH]c1=O. The molecule has 2 rings (SSSR count). The topological polar surface area (TPSA) is 104 Å². The van der Waals surface area contributed by atoms with Crippen molar-refractivity contribution in [2.75, 3.05) is 36.0 Å². The van der Waals surface area contributed by atoms with Crippen LogP contribution in [0.15, 0.2) is 39.9 Å². The zero-order valence-corrected chi connectivity index (χ0v) is 20.6. The molecule has 8 nitrogen and oxygen atoms in total. The van der Waals surface area contributed by atoms with E-state index < -0.39 is 11.2 Å². The molecule has 1 aromatic carbocycles. The molecule has 174 valence electrons. The number of rotatable bonds is 9. The van der Waals surface area contributed by atoms with Gasteiger partial charge in [-0.15, -0.1) is 0 Å². The van der Waals surface area contributed by atoms with Gasteiger partial charge in [0.1, 0.15) is 10.1 Å². The molecule has 1 heterocycles. The first-order chi connectivity index (χ1) is 15.2. The van der Waals surface area contributed by atoms with Crippen molar-refractivity contribution in [1.29, 1.82) is 0 Å². The van der Waals surface area contributed by atoms with Gasteiger partial charge in [-0.25, -0.2) is 4.79 Å². The van der Waals surface area contributed by atoms with Gasteiger partial charge < -0.3 is 15.5 Å². The molecule has 32 heavy (non-hydrogen) atoms. The fourth-order valence-corrected chi connectivity index (χ4v) is 4.50. The van der Waals surface area contributed by atoms with Gasteiger partial charge in [0, 0.05) is 19.6 Å². The lowest BCUT2D eigenvalue weighted by Gasteiger charge is -2.27. The summed E-state index contributed by atoms with van der Waals surface area (Å²) < 4.78 is 1.91. The highest BCUT2D eigenvalue weighted by Gasteiger charge is 2.25. The van der Waals surface area contributed by atoms with Crippen molar-refractivity contribution in [2.24, 2.45) is 5.92 Å². The predicted molar refractivity (Wildman–Crippen MR) is 136 cm³/mol. The number of carbonyl (C=O) groups excluding carboxylic acids is 1. The van der Waals surface area contributed by atoms with E-state index in [9.17, 15) is 14.4 Å². The number of benzene rings is 1. The second-order valence-corrected chi connectivity index (χ2v) is 9.30. The van der Waals surface area contributed by atoms with Gasteiger partial charge in [0.15, 0.2) is 5.69 Å². The Morgan fingerprint density at radius 1 is 1.19 bits per heavy atom. The molecule has 0 saturated heterocycles. The van der Waals surface area contributed by atoms with Gasteiger partial charge in [-0.3, -0.25) is 19.1 Å². The van der Waals surface area contributed by atoms with Crippen LogP contribution >= 0.6 is 24.0 Å². The Kier molecular flexibility index (Phi) is 9.52. The monoisotopic (exact) mass is 477 g/mol. The van der Waals surface area contributed by atoms with E-state index in [0.29, 0.717) is 4.32 Å². The highest BCUT2D eigenvalue weighted by Crippen LogP contribution is 2.21. The lowest BCUT2D eigenvalue weighted by molar-refractivity contribution is -0.116. The fourth-order valence-electron chi connectivity index (χ4n) is 3.22. The Morgan fingerprint density at radius 2 is 1.81 bits per heavy atom. The summed E-state index contributed by atoms with van der Waals surface area (Å²) in [7, 11) is 0. The Balaban J connectivity index is 2.40. The number of thioether (sulfide) groups is 1. The van der Waals surface area contributed by atoms with Crippen molar-refractivity contribution < 1.29 is 4.79 Å². The van der Waals surface area contributed by atoms with Crippen LogP contribution in [-0.2, 0) is 11.3 Å². The van der Waals surface area contributed by atoms with Crippen LogP contribution in [0.1, 0.15) is 33.3 Å². The van der Waals surface area contributed by atoms with Gasteiger partial charge in [0.05, 0.1) is 12.3 Å². The van der Waals surface area contributed by atoms with Gasteiger partial charge in [-0.05, 0) is 25.3 Å². The second-order valence-electron chi connectivity index (χ2n) is 7.69. The maximum Gasteiger partial charge on any atom is 0.330 e. The molecule has 0 bridgehead atoms. The minimum atomic E-state index is -0.679. The summed E-state index contributed by atoms with van der Waals surface area (Å²) >= 11 is 6.68. The molecule has 2 aromatic rings. The zero-order valence-electron chi connectivity index (χ0n) is 19.0. The van der Waals surface area contributed by atoms with Gasteiger partial charge in [-0.2, -0.15) is 0 Å². The Hall–Kier alpha value is -2.59. The average molecular weight is 478 g/mol. The van der Waals surface area contributed by atoms with Crippen molar-refractivity contribution in [3.63, 3.8) is 0 Å². The first-order valence-corrected chi connectivity index (χ1v) is 12.0.